The van der Waals surface area contributed by atoms with Crippen LogP contribution in [0.25, 0.3) is 10.9 Å². The van der Waals surface area contributed by atoms with Gasteiger partial charge in [-0.15, -0.1) is 0 Å². The molecule has 0 radical (unpaired) electrons. The number of carbonyl (C=O) groups excluding carboxylic acids is 1. The van der Waals surface area contributed by atoms with E-state index in [9.17, 15) is 14.4 Å². The molecule has 5 nitrogen and oxygen atoms in total. The lowest BCUT2D eigenvalue weighted by Crippen LogP contribution is -2.38. The molecule has 0 saturated carbocycles. The minimum absolute atomic E-state index is 0.0489. The topological polar surface area (TPSA) is 69.0 Å². The SMILES string of the molecule is Cc1ccc2ncc(C#N)c(N3CCC(C(=O)Nc4ccc(F)cc4)CC3)c2c1. The minimum atomic E-state index is -0.329. The molecule has 4 rings (SSSR count). The average molecular weight is 388 g/mol. The molecule has 0 spiro atoms. The van der Waals surface area contributed by atoms with Gasteiger partial charge in [-0.2, -0.15) is 5.26 Å². The standard InChI is InChI=1S/C23H21FN4O/c1-15-2-7-21-20(12-15)22(17(13-25)14-26-21)28-10-8-16(9-11-28)23(29)27-19-5-3-18(24)4-6-19/h2-7,12,14,16H,8-11H2,1H3,(H,27,29). The number of benzene rings is 2. The van der Waals surface area contributed by atoms with Crippen molar-refractivity contribution in [2.75, 3.05) is 23.3 Å². The van der Waals surface area contributed by atoms with E-state index >= 15 is 0 Å². The van der Waals surface area contributed by atoms with Crippen molar-refractivity contribution in [2.45, 2.75) is 19.8 Å². The van der Waals surface area contributed by atoms with Gasteiger partial charge in [-0.1, -0.05) is 11.6 Å². The Morgan fingerprint density at radius 3 is 2.62 bits per heavy atom. The molecule has 2 aromatic carbocycles. The first-order valence-corrected chi connectivity index (χ1v) is 9.66. The predicted molar refractivity (Wildman–Crippen MR) is 111 cm³/mol. The molecule has 0 bridgehead atoms. The Morgan fingerprint density at radius 1 is 1.21 bits per heavy atom. The van der Waals surface area contributed by atoms with Crippen molar-refractivity contribution in [3.63, 3.8) is 0 Å². The Labute approximate surface area is 168 Å². The second-order valence-corrected chi connectivity index (χ2v) is 7.41. The number of aryl methyl sites for hydroxylation is 1. The number of aromatic nitrogens is 1. The highest BCUT2D eigenvalue weighted by atomic mass is 19.1. The number of nitrogens with zero attached hydrogens (tertiary/aromatic N) is 3. The van der Waals surface area contributed by atoms with E-state index in [1.165, 1.54) is 12.1 Å². The third-order valence-electron chi connectivity index (χ3n) is 5.41. The van der Waals surface area contributed by atoms with Gasteiger partial charge in [-0.3, -0.25) is 9.78 Å². The molecule has 6 heteroatoms. The lowest BCUT2D eigenvalue weighted by Gasteiger charge is -2.34. The van der Waals surface area contributed by atoms with E-state index in [4.69, 9.17) is 0 Å². The van der Waals surface area contributed by atoms with Gasteiger partial charge < -0.3 is 10.2 Å². The molecule has 1 aromatic heterocycles. The van der Waals surface area contributed by atoms with Crippen LogP contribution in [0.3, 0.4) is 0 Å². The zero-order valence-electron chi connectivity index (χ0n) is 16.2. The first kappa shape index (κ1) is 18.9. The summed E-state index contributed by atoms with van der Waals surface area (Å²) in [6.45, 7) is 3.39. The van der Waals surface area contributed by atoms with Crippen LogP contribution in [-0.2, 0) is 4.79 Å². The van der Waals surface area contributed by atoms with Crippen LogP contribution in [-0.4, -0.2) is 24.0 Å². The Morgan fingerprint density at radius 2 is 1.93 bits per heavy atom. The van der Waals surface area contributed by atoms with E-state index in [2.05, 4.69) is 27.3 Å². The lowest BCUT2D eigenvalue weighted by atomic mass is 9.94. The Balaban J connectivity index is 1.51. The number of anilines is 2. The van der Waals surface area contributed by atoms with Crippen LogP contribution >= 0.6 is 0 Å². The first-order valence-electron chi connectivity index (χ1n) is 9.66. The highest BCUT2D eigenvalue weighted by Gasteiger charge is 2.27. The molecule has 3 aromatic rings. The van der Waals surface area contributed by atoms with Gasteiger partial charge in [0.25, 0.3) is 0 Å². The summed E-state index contributed by atoms with van der Waals surface area (Å²) in [5, 5.41) is 13.4. The lowest BCUT2D eigenvalue weighted by molar-refractivity contribution is -0.120. The van der Waals surface area contributed by atoms with Crippen LogP contribution in [0, 0.1) is 30.0 Å². The second-order valence-electron chi connectivity index (χ2n) is 7.41. The van der Waals surface area contributed by atoms with Gasteiger partial charge in [-0.05, 0) is 56.2 Å². The summed E-state index contributed by atoms with van der Waals surface area (Å²) < 4.78 is 13.0. The zero-order valence-corrected chi connectivity index (χ0v) is 16.2. The molecular formula is C23H21FN4O. The zero-order chi connectivity index (χ0) is 20.4. The van der Waals surface area contributed by atoms with Gasteiger partial charge in [0.1, 0.15) is 11.9 Å². The fraction of sp³-hybridized carbons (Fsp3) is 0.261. The van der Waals surface area contributed by atoms with Crippen LogP contribution in [0.15, 0.2) is 48.7 Å². The fourth-order valence-corrected chi connectivity index (χ4v) is 3.86. The summed E-state index contributed by atoms with van der Waals surface area (Å²) in [5.41, 5.74) is 4.03. The number of amides is 1. The number of hydrogen-bond acceptors (Lipinski definition) is 4. The maximum atomic E-state index is 13.0. The van der Waals surface area contributed by atoms with E-state index in [-0.39, 0.29) is 17.6 Å². The fourth-order valence-electron chi connectivity index (χ4n) is 3.86. The minimum Gasteiger partial charge on any atom is -0.370 e. The number of nitrogens with one attached hydrogen (secondary N) is 1. The van der Waals surface area contributed by atoms with E-state index < -0.39 is 0 Å². The van der Waals surface area contributed by atoms with Gasteiger partial charge in [0, 0.05) is 36.3 Å². The van der Waals surface area contributed by atoms with Gasteiger partial charge in [-0.25, -0.2) is 4.39 Å². The molecular weight excluding hydrogens is 367 g/mol. The molecule has 0 unspecified atom stereocenters. The molecule has 0 atom stereocenters. The van der Waals surface area contributed by atoms with Gasteiger partial charge in [0.15, 0.2) is 0 Å². The number of hydrogen-bond donors (Lipinski definition) is 1. The number of carbonyl (C=O) groups is 1. The largest absolute Gasteiger partial charge is 0.370 e. The van der Waals surface area contributed by atoms with E-state index in [1.807, 2.05) is 19.1 Å². The molecule has 1 aliphatic rings. The van der Waals surface area contributed by atoms with E-state index in [0.29, 0.717) is 37.2 Å². The number of halogens is 1. The molecule has 1 fully saturated rings. The molecule has 29 heavy (non-hydrogen) atoms. The van der Waals surface area contributed by atoms with Gasteiger partial charge in [0.05, 0.1) is 16.8 Å². The first-order chi connectivity index (χ1) is 14.0. The number of fused-ring (bicyclic) bond motifs is 1. The van der Waals surface area contributed by atoms with Crippen molar-refractivity contribution in [1.29, 1.82) is 5.26 Å². The van der Waals surface area contributed by atoms with Crippen LogP contribution in [0.4, 0.5) is 15.8 Å². The Kier molecular flexibility index (Phi) is 5.13. The highest BCUT2D eigenvalue weighted by Crippen LogP contribution is 2.33. The average Bonchev–Trinajstić information content (AvgIpc) is 2.74. The summed E-state index contributed by atoms with van der Waals surface area (Å²) in [6, 6.07) is 14.1. The summed E-state index contributed by atoms with van der Waals surface area (Å²) in [4.78, 5) is 19.2. The molecule has 1 N–H and O–H groups in total. The van der Waals surface area contributed by atoms with Gasteiger partial charge in [0.2, 0.25) is 5.91 Å². The molecule has 2 heterocycles. The third-order valence-corrected chi connectivity index (χ3v) is 5.41. The number of piperidine rings is 1. The predicted octanol–water partition coefficient (Wildman–Crippen LogP) is 4.41. The quantitative estimate of drug-likeness (QED) is 0.722. The van der Waals surface area contributed by atoms with Crippen LogP contribution < -0.4 is 10.2 Å². The summed E-state index contributed by atoms with van der Waals surface area (Å²) in [6.07, 6.45) is 3.00. The number of nitriles is 1. The third kappa shape index (κ3) is 3.90. The molecule has 146 valence electrons. The summed E-state index contributed by atoms with van der Waals surface area (Å²) in [5.74, 6) is -0.492. The van der Waals surface area contributed by atoms with E-state index in [0.717, 1.165) is 22.2 Å². The van der Waals surface area contributed by atoms with Crippen LogP contribution in [0.5, 0.6) is 0 Å². The van der Waals surface area contributed by atoms with Crippen LogP contribution in [0.2, 0.25) is 0 Å². The Bertz CT molecular complexity index is 1100. The van der Waals surface area contributed by atoms with Crippen molar-refractivity contribution in [2.24, 2.45) is 5.92 Å². The number of rotatable bonds is 3. The normalized spacial score (nSPS) is 14.6. The van der Waals surface area contributed by atoms with Crippen molar-refractivity contribution in [3.05, 3.63) is 65.6 Å². The van der Waals surface area contributed by atoms with Gasteiger partial charge >= 0.3 is 0 Å². The molecule has 1 aliphatic heterocycles. The second kappa shape index (κ2) is 7.88. The monoisotopic (exact) mass is 388 g/mol. The summed E-state index contributed by atoms with van der Waals surface area (Å²) >= 11 is 0. The Hall–Kier alpha value is -3.46. The maximum Gasteiger partial charge on any atom is 0.227 e. The molecule has 1 saturated heterocycles. The summed E-state index contributed by atoms with van der Waals surface area (Å²) in [7, 11) is 0. The van der Waals surface area contributed by atoms with Crippen molar-refractivity contribution in [1.82, 2.24) is 4.98 Å². The highest BCUT2D eigenvalue weighted by molar-refractivity contribution is 5.95. The van der Waals surface area contributed by atoms with Crippen LogP contribution in [0.1, 0.15) is 24.0 Å². The van der Waals surface area contributed by atoms with Crippen molar-refractivity contribution < 1.29 is 9.18 Å². The van der Waals surface area contributed by atoms with Crippen molar-refractivity contribution in [3.8, 4) is 6.07 Å². The van der Waals surface area contributed by atoms with E-state index in [1.54, 1.807) is 18.3 Å². The maximum absolute atomic E-state index is 13.0. The molecule has 1 amide bonds. The van der Waals surface area contributed by atoms with Crippen molar-refractivity contribution >= 4 is 28.2 Å². The smallest absolute Gasteiger partial charge is 0.227 e. The number of pyridine rings is 1. The molecule has 0 aliphatic carbocycles.